The Kier molecular flexibility index (Phi) is 12.0. The van der Waals surface area contributed by atoms with Crippen LogP contribution in [0.5, 0.6) is 5.75 Å². The number of nitrogens with zero attached hydrogens (tertiary/aromatic N) is 2. The van der Waals surface area contributed by atoms with E-state index in [1.807, 2.05) is 19.2 Å². The molecule has 0 aliphatic heterocycles. The van der Waals surface area contributed by atoms with Crippen LogP contribution in [-0.2, 0) is 25.6 Å². The number of thiophene rings is 1. The molecule has 192 valence electrons. The number of ether oxygens (including phenoxy) is 2. The molecule has 0 aliphatic rings. The largest absolute Gasteiger partial charge is 0.508 e. The number of phenols is 1. The van der Waals surface area contributed by atoms with Crippen LogP contribution in [0, 0.1) is 0 Å². The molecule has 0 atom stereocenters. The normalized spacial score (nSPS) is 10.9. The molecule has 0 unspecified atom stereocenters. The molecule has 0 saturated carbocycles. The van der Waals surface area contributed by atoms with Gasteiger partial charge in [-0.3, -0.25) is 14.5 Å². The fourth-order valence-electron chi connectivity index (χ4n) is 3.13. The maximum absolute atomic E-state index is 13.0. The third-order valence-corrected chi connectivity index (χ3v) is 6.39. The lowest BCUT2D eigenvalue weighted by Gasteiger charge is -2.25. The SMILES string of the molecule is CCCCOC(=O)CN(CC(=O)N(C)c1ccc(O)cc1Cl)Cc1csc(C(=O)OCCCC)c1. The van der Waals surface area contributed by atoms with Crippen molar-refractivity contribution in [2.24, 2.45) is 0 Å². The van der Waals surface area contributed by atoms with Gasteiger partial charge in [-0.15, -0.1) is 11.3 Å². The number of likely N-dealkylation sites (N-methyl/N-ethyl adjacent to an activating group) is 1. The summed E-state index contributed by atoms with van der Waals surface area (Å²) in [6, 6.07) is 6.07. The molecule has 0 fully saturated rings. The van der Waals surface area contributed by atoms with Crippen LogP contribution >= 0.6 is 22.9 Å². The Labute approximate surface area is 215 Å². The van der Waals surface area contributed by atoms with Gasteiger partial charge in [0.2, 0.25) is 5.91 Å². The first-order valence-electron chi connectivity index (χ1n) is 11.6. The second-order valence-corrected chi connectivity index (χ2v) is 9.43. The van der Waals surface area contributed by atoms with Crippen molar-refractivity contribution in [2.45, 2.75) is 46.1 Å². The van der Waals surface area contributed by atoms with E-state index in [2.05, 4.69) is 0 Å². The lowest BCUT2D eigenvalue weighted by molar-refractivity contribution is -0.145. The first-order valence-corrected chi connectivity index (χ1v) is 12.9. The zero-order chi connectivity index (χ0) is 25.8. The topological polar surface area (TPSA) is 96.4 Å². The molecule has 1 aromatic carbocycles. The van der Waals surface area contributed by atoms with Gasteiger partial charge in [0.05, 0.1) is 37.0 Å². The third kappa shape index (κ3) is 9.51. The summed E-state index contributed by atoms with van der Waals surface area (Å²) in [7, 11) is 1.58. The van der Waals surface area contributed by atoms with Crippen LogP contribution in [0.2, 0.25) is 5.02 Å². The van der Waals surface area contributed by atoms with Gasteiger partial charge in [-0.2, -0.15) is 0 Å². The van der Waals surface area contributed by atoms with E-state index in [1.54, 1.807) is 24.1 Å². The number of carbonyl (C=O) groups excluding carboxylic acids is 3. The summed E-state index contributed by atoms with van der Waals surface area (Å²) < 4.78 is 10.5. The van der Waals surface area contributed by atoms with Gasteiger partial charge >= 0.3 is 11.9 Å². The number of halogens is 1. The van der Waals surface area contributed by atoms with Crippen LogP contribution in [0.4, 0.5) is 5.69 Å². The Morgan fingerprint density at radius 1 is 1.03 bits per heavy atom. The number of hydrogen-bond donors (Lipinski definition) is 1. The molecule has 10 heteroatoms. The lowest BCUT2D eigenvalue weighted by atomic mass is 10.2. The van der Waals surface area contributed by atoms with E-state index in [1.165, 1.54) is 28.4 Å². The number of anilines is 1. The summed E-state index contributed by atoms with van der Waals surface area (Å²) in [5.74, 6) is -1.10. The van der Waals surface area contributed by atoms with Gasteiger partial charge in [0, 0.05) is 19.7 Å². The summed E-state index contributed by atoms with van der Waals surface area (Å²) >= 11 is 7.45. The molecule has 0 bridgehead atoms. The summed E-state index contributed by atoms with van der Waals surface area (Å²) in [6.45, 7) is 4.83. The number of rotatable bonds is 14. The minimum absolute atomic E-state index is 0.00228. The number of carbonyl (C=O) groups is 3. The first kappa shape index (κ1) is 28.6. The number of hydrogen-bond acceptors (Lipinski definition) is 8. The number of benzene rings is 1. The zero-order valence-corrected chi connectivity index (χ0v) is 22.0. The van der Waals surface area contributed by atoms with Gasteiger partial charge in [-0.1, -0.05) is 38.3 Å². The quantitative estimate of drug-likeness (QED) is 0.278. The van der Waals surface area contributed by atoms with E-state index in [4.69, 9.17) is 21.1 Å². The Balaban J connectivity index is 2.10. The second kappa shape index (κ2) is 14.7. The number of aromatic hydroxyl groups is 1. The van der Waals surface area contributed by atoms with Crippen molar-refractivity contribution >= 4 is 46.5 Å². The minimum atomic E-state index is -0.425. The molecule has 1 amide bonds. The van der Waals surface area contributed by atoms with Gasteiger partial charge in [0.1, 0.15) is 10.6 Å². The Bertz CT molecular complexity index is 996. The average molecular weight is 525 g/mol. The zero-order valence-electron chi connectivity index (χ0n) is 20.4. The Morgan fingerprint density at radius 2 is 1.71 bits per heavy atom. The lowest BCUT2D eigenvalue weighted by Crippen LogP contribution is -2.41. The number of phenolic OH excluding ortho intramolecular Hbond substituents is 1. The van der Waals surface area contributed by atoms with E-state index in [-0.39, 0.29) is 42.3 Å². The maximum atomic E-state index is 13.0. The number of esters is 2. The minimum Gasteiger partial charge on any atom is -0.508 e. The van der Waals surface area contributed by atoms with E-state index in [0.717, 1.165) is 31.2 Å². The van der Waals surface area contributed by atoms with Gasteiger partial charge in [0.25, 0.3) is 0 Å². The molecule has 1 aromatic heterocycles. The average Bonchev–Trinajstić information content (AvgIpc) is 3.27. The standard InChI is InChI=1S/C25H33ClN2O6S/c1-4-6-10-33-24(31)16-28(14-18-12-22(35-17-18)25(32)34-11-7-5-2)15-23(30)27(3)21-9-8-19(29)13-20(21)26/h8-9,12-13,17,29H,4-7,10-11,14-16H2,1-3H3. The third-order valence-electron chi connectivity index (χ3n) is 5.13. The molecule has 0 radical (unpaired) electrons. The molecule has 1 N–H and O–H groups in total. The van der Waals surface area contributed by atoms with Crippen LogP contribution in [-0.4, -0.2) is 61.2 Å². The molecule has 8 nitrogen and oxygen atoms in total. The van der Waals surface area contributed by atoms with Gasteiger partial charge in [-0.05, 0) is 42.0 Å². The molecule has 0 aliphatic carbocycles. The molecule has 2 rings (SSSR count). The van der Waals surface area contributed by atoms with Crippen LogP contribution in [0.1, 0.15) is 54.8 Å². The predicted molar refractivity (Wildman–Crippen MR) is 137 cm³/mol. The highest BCUT2D eigenvalue weighted by molar-refractivity contribution is 7.12. The highest BCUT2D eigenvalue weighted by Crippen LogP contribution is 2.29. The van der Waals surface area contributed by atoms with Crippen molar-refractivity contribution in [2.75, 3.05) is 38.3 Å². The van der Waals surface area contributed by atoms with Crippen molar-refractivity contribution in [3.8, 4) is 5.75 Å². The smallest absolute Gasteiger partial charge is 0.348 e. The predicted octanol–water partition coefficient (Wildman–Crippen LogP) is 4.87. The summed E-state index contributed by atoms with van der Waals surface area (Å²) in [6.07, 6.45) is 3.41. The second-order valence-electron chi connectivity index (χ2n) is 8.12. The van der Waals surface area contributed by atoms with E-state index in [9.17, 15) is 19.5 Å². The van der Waals surface area contributed by atoms with Gasteiger partial charge in [-0.25, -0.2) is 4.79 Å². The fourth-order valence-corrected chi connectivity index (χ4v) is 4.23. The fraction of sp³-hybridized carbons (Fsp3) is 0.480. The van der Waals surface area contributed by atoms with Crippen molar-refractivity contribution in [3.05, 3.63) is 45.1 Å². The number of amides is 1. The van der Waals surface area contributed by atoms with Crippen molar-refractivity contribution < 1.29 is 29.0 Å². The van der Waals surface area contributed by atoms with Crippen LogP contribution < -0.4 is 4.90 Å². The molecule has 35 heavy (non-hydrogen) atoms. The molecule has 0 spiro atoms. The Morgan fingerprint density at radius 3 is 2.37 bits per heavy atom. The molecule has 0 saturated heterocycles. The summed E-state index contributed by atoms with van der Waals surface area (Å²) in [5.41, 5.74) is 1.23. The van der Waals surface area contributed by atoms with Crippen LogP contribution in [0.25, 0.3) is 0 Å². The van der Waals surface area contributed by atoms with E-state index in [0.29, 0.717) is 23.8 Å². The van der Waals surface area contributed by atoms with Crippen molar-refractivity contribution in [1.29, 1.82) is 0 Å². The highest BCUT2D eigenvalue weighted by atomic mass is 35.5. The molecular formula is C25H33ClN2O6S. The highest BCUT2D eigenvalue weighted by Gasteiger charge is 2.22. The van der Waals surface area contributed by atoms with Crippen molar-refractivity contribution in [3.63, 3.8) is 0 Å². The van der Waals surface area contributed by atoms with Gasteiger partial charge in [0.15, 0.2) is 0 Å². The van der Waals surface area contributed by atoms with E-state index < -0.39 is 5.97 Å². The van der Waals surface area contributed by atoms with Gasteiger partial charge < -0.3 is 19.5 Å². The van der Waals surface area contributed by atoms with Crippen LogP contribution in [0.15, 0.2) is 29.6 Å². The van der Waals surface area contributed by atoms with Crippen molar-refractivity contribution in [1.82, 2.24) is 4.90 Å². The number of unbranched alkanes of at least 4 members (excludes halogenated alkanes) is 2. The van der Waals surface area contributed by atoms with E-state index >= 15 is 0 Å². The molecule has 2 aromatic rings. The molecular weight excluding hydrogens is 492 g/mol. The Hall–Kier alpha value is -2.62. The summed E-state index contributed by atoms with van der Waals surface area (Å²) in [5, 5.41) is 11.6. The maximum Gasteiger partial charge on any atom is 0.348 e. The summed E-state index contributed by atoms with van der Waals surface area (Å²) in [4.78, 5) is 41.1. The monoisotopic (exact) mass is 524 g/mol. The first-order chi connectivity index (χ1) is 16.7. The molecule has 1 heterocycles. The van der Waals surface area contributed by atoms with Crippen LogP contribution in [0.3, 0.4) is 0 Å².